The lowest BCUT2D eigenvalue weighted by atomic mass is 10.1. The summed E-state index contributed by atoms with van der Waals surface area (Å²) < 4.78 is 6.31. The van der Waals surface area contributed by atoms with Gasteiger partial charge in [0.05, 0.1) is 5.39 Å². The van der Waals surface area contributed by atoms with Gasteiger partial charge in [0.15, 0.2) is 12.3 Å². The first-order valence-electron chi connectivity index (χ1n) is 8.63. The summed E-state index contributed by atoms with van der Waals surface area (Å²) >= 11 is 5.89. The normalized spacial score (nSPS) is 10.7. The van der Waals surface area contributed by atoms with Crippen LogP contribution in [0.4, 0.5) is 5.69 Å². The van der Waals surface area contributed by atoms with Gasteiger partial charge in [-0.3, -0.25) is 9.59 Å². The van der Waals surface area contributed by atoms with Gasteiger partial charge in [-0.1, -0.05) is 29.8 Å². The van der Waals surface area contributed by atoms with Crippen molar-refractivity contribution in [3.8, 4) is 0 Å². The van der Waals surface area contributed by atoms with Crippen LogP contribution in [0.25, 0.3) is 10.8 Å². The number of hydrogen-bond donors (Lipinski definition) is 1. The molecule has 0 atom stereocenters. The second-order valence-corrected chi connectivity index (χ2v) is 6.54. The number of amides is 1. The van der Waals surface area contributed by atoms with Gasteiger partial charge in [-0.2, -0.15) is 5.10 Å². The standard InChI is InChI=1S/C20H18ClN3O4/c1-3-24-19(26)15-7-5-4-6-14(15)18(23-24)20(27)28-11-17(25)22-16-9-8-13(21)10-12(16)2/h4-10H,3,11H2,1-2H3,(H,22,25). The fourth-order valence-corrected chi connectivity index (χ4v) is 2.98. The van der Waals surface area contributed by atoms with Gasteiger partial charge in [-0.25, -0.2) is 9.48 Å². The molecule has 0 aliphatic rings. The number of carbonyl (C=O) groups excluding carboxylic acids is 2. The van der Waals surface area contributed by atoms with Crippen LogP contribution in [0.2, 0.25) is 5.02 Å². The molecule has 1 amide bonds. The predicted molar refractivity (Wildman–Crippen MR) is 107 cm³/mol. The van der Waals surface area contributed by atoms with Gasteiger partial charge in [0.1, 0.15) is 0 Å². The third-order valence-corrected chi connectivity index (χ3v) is 4.39. The molecule has 0 saturated heterocycles. The Balaban J connectivity index is 1.77. The molecule has 1 aromatic heterocycles. The number of halogens is 1. The summed E-state index contributed by atoms with van der Waals surface area (Å²) in [5.41, 5.74) is 1.07. The zero-order valence-corrected chi connectivity index (χ0v) is 16.1. The van der Waals surface area contributed by atoms with E-state index in [0.29, 0.717) is 28.0 Å². The number of ether oxygens (including phenoxy) is 1. The summed E-state index contributed by atoms with van der Waals surface area (Å²) in [7, 11) is 0. The van der Waals surface area contributed by atoms with Crippen molar-refractivity contribution in [2.45, 2.75) is 20.4 Å². The Morgan fingerprint density at radius 1 is 1.18 bits per heavy atom. The van der Waals surface area contributed by atoms with Crippen LogP contribution in [0.1, 0.15) is 23.0 Å². The van der Waals surface area contributed by atoms with Crippen LogP contribution in [0.5, 0.6) is 0 Å². The summed E-state index contributed by atoms with van der Waals surface area (Å²) in [6, 6.07) is 11.7. The SMILES string of the molecule is CCn1nc(C(=O)OCC(=O)Nc2ccc(Cl)cc2C)c2ccccc2c1=O. The van der Waals surface area contributed by atoms with Crippen molar-refractivity contribution in [2.75, 3.05) is 11.9 Å². The number of carbonyl (C=O) groups is 2. The Bertz CT molecular complexity index is 1120. The number of rotatable bonds is 5. The van der Waals surface area contributed by atoms with Gasteiger partial charge in [-0.15, -0.1) is 0 Å². The van der Waals surface area contributed by atoms with Crippen LogP contribution in [0, 0.1) is 6.92 Å². The number of nitrogens with one attached hydrogen (secondary N) is 1. The highest BCUT2D eigenvalue weighted by Gasteiger charge is 2.18. The molecular formula is C20H18ClN3O4. The number of esters is 1. The van der Waals surface area contributed by atoms with E-state index in [1.807, 2.05) is 0 Å². The Kier molecular flexibility index (Phi) is 5.75. The number of anilines is 1. The molecule has 0 unspecified atom stereocenters. The smallest absolute Gasteiger partial charge is 0.359 e. The molecule has 0 spiro atoms. The molecule has 8 heteroatoms. The summed E-state index contributed by atoms with van der Waals surface area (Å²) in [6.07, 6.45) is 0. The second kappa shape index (κ2) is 8.22. The zero-order valence-electron chi connectivity index (χ0n) is 15.4. The molecule has 0 fully saturated rings. The first kappa shape index (κ1) is 19.6. The molecule has 7 nitrogen and oxygen atoms in total. The van der Waals surface area contributed by atoms with E-state index >= 15 is 0 Å². The van der Waals surface area contributed by atoms with Crippen LogP contribution in [-0.4, -0.2) is 28.3 Å². The lowest BCUT2D eigenvalue weighted by Gasteiger charge is -2.11. The molecule has 3 rings (SSSR count). The van der Waals surface area contributed by atoms with Crippen LogP contribution < -0.4 is 10.9 Å². The van der Waals surface area contributed by atoms with Crippen molar-refractivity contribution >= 4 is 39.9 Å². The highest BCUT2D eigenvalue weighted by Crippen LogP contribution is 2.19. The third-order valence-electron chi connectivity index (χ3n) is 4.16. The maximum Gasteiger partial charge on any atom is 0.359 e. The lowest BCUT2D eigenvalue weighted by molar-refractivity contribution is -0.119. The van der Waals surface area contributed by atoms with Gasteiger partial charge >= 0.3 is 5.97 Å². The fraction of sp³-hybridized carbons (Fsp3) is 0.200. The molecule has 1 heterocycles. The molecule has 3 aromatic rings. The van der Waals surface area contributed by atoms with Gasteiger partial charge in [0.2, 0.25) is 0 Å². The van der Waals surface area contributed by atoms with Gasteiger partial charge < -0.3 is 10.1 Å². The lowest BCUT2D eigenvalue weighted by Crippen LogP contribution is -2.27. The molecule has 0 bridgehead atoms. The second-order valence-electron chi connectivity index (χ2n) is 6.10. The third kappa shape index (κ3) is 4.04. The van der Waals surface area contributed by atoms with E-state index in [-0.39, 0.29) is 11.3 Å². The monoisotopic (exact) mass is 399 g/mol. The molecule has 0 saturated carbocycles. The van der Waals surface area contributed by atoms with E-state index in [4.69, 9.17) is 16.3 Å². The van der Waals surface area contributed by atoms with Crippen molar-refractivity contribution in [2.24, 2.45) is 0 Å². The number of nitrogens with zero attached hydrogens (tertiary/aromatic N) is 2. The van der Waals surface area contributed by atoms with Crippen LogP contribution in [0.3, 0.4) is 0 Å². The van der Waals surface area contributed by atoms with Gasteiger partial charge in [-0.05, 0) is 43.7 Å². The molecule has 2 aromatic carbocycles. The molecule has 0 aliphatic heterocycles. The molecule has 1 N–H and O–H groups in total. The maximum absolute atomic E-state index is 12.5. The Labute approximate surface area is 165 Å². The van der Waals surface area contributed by atoms with E-state index in [0.717, 1.165) is 5.56 Å². The highest BCUT2D eigenvalue weighted by molar-refractivity contribution is 6.30. The van der Waals surface area contributed by atoms with E-state index in [2.05, 4.69) is 10.4 Å². The predicted octanol–water partition coefficient (Wildman–Crippen LogP) is 3.17. The largest absolute Gasteiger partial charge is 0.451 e. The molecule has 28 heavy (non-hydrogen) atoms. The molecule has 144 valence electrons. The van der Waals surface area contributed by atoms with E-state index < -0.39 is 18.5 Å². The number of aromatic nitrogens is 2. The average Bonchev–Trinajstić information content (AvgIpc) is 2.69. The molecule has 0 radical (unpaired) electrons. The van der Waals surface area contributed by atoms with E-state index in [1.54, 1.807) is 56.3 Å². The summed E-state index contributed by atoms with van der Waals surface area (Å²) in [5.74, 6) is -1.27. The van der Waals surface area contributed by atoms with Gasteiger partial charge in [0, 0.05) is 22.6 Å². The Morgan fingerprint density at radius 3 is 2.57 bits per heavy atom. The molecule has 0 aliphatic carbocycles. The van der Waals surface area contributed by atoms with Crippen molar-refractivity contribution in [3.63, 3.8) is 0 Å². The highest BCUT2D eigenvalue weighted by atomic mass is 35.5. The van der Waals surface area contributed by atoms with E-state index in [1.165, 1.54) is 4.68 Å². The number of hydrogen-bond acceptors (Lipinski definition) is 5. The molecular weight excluding hydrogens is 382 g/mol. The summed E-state index contributed by atoms with van der Waals surface area (Å²) in [5, 5.41) is 8.06. The van der Waals surface area contributed by atoms with Crippen LogP contribution in [0.15, 0.2) is 47.3 Å². The zero-order chi connectivity index (χ0) is 20.3. The Hall–Kier alpha value is -3.19. The number of fused-ring (bicyclic) bond motifs is 1. The quantitative estimate of drug-likeness (QED) is 0.665. The minimum atomic E-state index is -0.777. The topological polar surface area (TPSA) is 90.3 Å². The Morgan fingerprint density at radius 2 is 1.89 bits per heavy atom. The summed E-state index contributed by atoms with van der Waals surface area (Å²) in [4.78, 5) is 37.0. The number of aryl methyl sites for hydroxylation is 2. The van der Waals surface area contributed by atoms with Crippen molar-refractivity contribution in [3.05, 3.63) is 69.1 Å². The van der Waals surface area contributed by atoms with E-state index in [9.17, 15) is 14.4 Å². The minimum Gasteiger partial charge on any atom is -0.451 e. The summed E-state index contributed by atoms with van der Waals surface area (Å²) in [6.45, 7) is 3.38. The van der Waals surface area contributed by atoms with Crippen molar-refractivity contribution in [1.82, 2.24) is 9.78 Å². The minimum absolute atomic E-state index is 0.00692. The van der Waals surface area contributed by atoms with Crippen molar-refractivity contribution < 1.29 is 14.3 Å². The van der Waals surface area contributed by atoms with Gasteiger partial charge in [0.25, 0.3) is 11.5 Å². The average molecular weight is 400 g/mol. The first-order chi connectivity index (χ1) is 13.4. The maximum atomic E-state index is 12.5. The van der Waals surface area contributed by atoms with Crippen LogP contribution in [-0.2, 0) is 16.1 Å². The first-order valence-corrected chi connectivity index (χ1v) is 9.01. The van der Waals surface area contributed by atoms with Crippen molar-refractivity contribution in [1.29, 1.82) is 0 Å². The number of benzene rings is 2. The fourth-order valence-electron chi connectivity index (χ4n) is 2.75. The van der Waals surface area contributed by atoms with Crippen LogP contribution >= 0.6 is 11.6 Å².